The van der Waals surface area contributed by atoms with Crippen LogP contribution in [0.2, 0.25) is 0 Å². The van der Waals surface area contributed by atoms with Crippen LogP contribution in [0.25, 0.3) is 0 Å². The molecule has 1 rings (SSSR count). The molecule has 2 atom stereocenters. The zero-order chi connectivity index (χ0) is 23.5. The summed E-state index contributed by atoms with van der Waals surface area (Å²) >= 11 is 0. The minimum absolute atomic E-state index is 0.201. The molecule has 4 nitrogen and oxygen atoms in total. The molecule has 180 valence electrons. The fraction of sp³-hybridized carbons (Fsp3) is 0.760. The number of nitrogens with one attached hydrogen (secondary N) is 2. The van der Waals surface area contributed by atoms with Gasteiger partial charge in [-0.1, -0.05) is 66.2 Å². The highest BCUT2D eigenvalue weighted by Crippen LogP contribution is 2.20. The monoisotopic (exact) mass is 442 g/mol. The van der Waals surface area contributed by atoms with E-state index in [4.69, 9.17) is 0 Å². The third-order valence-electron chi connectivity index (χ3n) is 5.30. The zero-order valence-corrected chi connectivity index (χ0v) is 20.1. The van der Waals surface area contributed by atoms with Gasteiger partial charge >= 0.3 is 0 Å². The van der Waals surface area contributed by atoms with Crippen molar-refractivity contribution < 1.29 is 18.4 Å². The molecule has 0 aromatic rings. The van der Waals surface area contributed by atoms with Crippen LogP contribution in [0.4, 0.5) is 8.78 Å². The quantitative estimate of drug-likeness (QED) is 0.229. The van der Waals surface area contributed by atoms with Crippen LogP contribution in [-0.2, 0) is 9.59 Å². The van der Waals surface area contributed by atoms with Crippen LogP contribution in [0, 0.1) is 0 Å². The Hall–Kier alpha value is -1.72. The summed E-state index contributed by atoms with van der Waals surface area (Å²) in [6.07, 6.45) is 13.9. The van der Waals surface area contributed by atoms with Crippen molar-refractivity contribution in [3.63, 3.8) is 0 Å². The van der Waals surface area contributed by atoms with Crippen LogP contribution < -0.4 is 10.6 Å². The molecule has 1 fully saturated rings. The van der Waals surface area contributed by atoms with E-state index in [2.05, 4.69) is 24.5 Å². The summed E-state index contributed by atoms with van der Waals surface area (Å²) in [6, 6.07) is -0.402. The van der Waals surface area contributed by atoms with E-state index < -0.39 is 23.5 Å². The van der Waals surface area contributed by atoms with E-state index >= 15 is 0 Å². The number of halogens is 2. The molecule has 1 aliphatic carbocycles. The Labute approximate surface area is 188 Å². The number of allylic oxidation sites excluding steroid dienone is 2. The first kappa shape index (κ1) is 29.3. The van der Waals surface area contributed by atoms with Gasteiger partial charge in [-0.15, -0.1) is 0 Å². The lowest BCUT2D eigenvalue weighted by molar-refractivity contribution is -0.119. The number of hydrogen-bond donors (Lipinski definition) is 2. The predicted molar refractivity (Wildman–Crippen MR) is 125 cm³/mol. The van der Waals surface area contributed by atoms with Crippen LogP contribution in [0.15, 0.2) is 23.8 Å². The maximum atomic E-state index is 13.9. The van der Waals surface area contributed by atoms with Gasteiger partial charge in [0.2, 0.25) is 0 Å². The van der Waals surface area contributed by atoms with Crippen molar-refractivity contribution in [3.8, 4) is 0 Å². The van der Waals surface area contributed by atoms with E-state index in [1.165, 1.54) is 12.2 Å². The standard InChI is InChI=1S/C23H38F2N2O2.C2H6/c1-3-5-7-9-11-13-20(24)22(28)26-18-15-16-19(17-18)27-23(29)21(25)14-12-10-8-6-4-2;1-2/h13-14,18-19H,3-12,15-17H2,1-2H3,(H,26,28)(H,27,29);1-2H3/b20-13+,21-14+;/t18-,19+;. The molecule has 0 spiro atoms. The summed E-state index contributed by atoms with van der Waals surface area (Å²) in [7, 11) is 0. The first-order valence-corrected chi connectivity index (χ1v) is 12.3. The lowest BCUT2D eigenvalue weighted by Gasteiger charge is -2.14. The number of hydrogen-bond acceptors (Lipinski definition) is 2. The topological polar surface area (TPSA) is 58.2 Å². The summed E-state index contributed by atoms with van der Waals surface area (Å²) in [5, 5.41) is 5.35. The van der Waals surface area contributed by atoms with Gasteiger partial charge in [0.05, 0.1) is 0 Å². The van der Waals surface area contributed by atoms with E-state index in [9.17, 15) is 18.4 Å². The molecule has 0 heterocycles. The Bertz CT molecular complexity index is 514. The largest absolute Gasteiger partial charge is 0.347 e. The molecule has 0 aromatic carbocycles. The highest BCUT2D eigenvalue weighted by molar-refractivity contribution is 5.92. The van der Waals surface area contributed by atoms with Gasteiger partial charge in [0.25, 0.3) is 11.8 Å². The van der Waals surface area contributed by atoms with Gasteiger partial charge in [0, 0.05) is 12.1 Å². The van der Waals surface area contributed by atoms with Gasteiger partial charge in [0.1, 0.15) is 0 Å². The third-order valence-corrected chi connectivity index (χ3v) is 5.30. The summed E-state index contributed by atoms with van der Waals surface area (Å²) in [6.45, 7) is 8.22. The minimum Gasteiger partial charge on any atom is -0.347 e. The van der Waals surface area contributed by atoms with Gasteiger partial charge in [-0.05, 0) is 57.1 Å². The highest BCUT2D eigenvalue weighted by atomic mass is 19.1. The summed E-state index contributed by atoms with van der Waals surface area (Å²) in [5.41, 5.74) is 0. The average molecular weight is 443 g/mol. The molecule has 0 saturated heterocycles. The van der Waals surface area contributed by atoms with Gasteiger partial charge in [-0.2, -0.15) is 0 Å². The lowest BCUT2D eigenvalue weighted by atomic mass is 10.1. The Morgan fingerprint density at radius 1 is 0.742 bits per heavy atom. The fourth-order valence-electron chi connectivity index (χ4n) is 3.54. The van der Waals surface area contributed by atoms with Gasteiger partial charge in [0.15, 0.2) is 11.7 Å². The second-order valence-corrected chi connectivity index (χ2v) is 7.96. The Morgan fingerprint density at radius 2 is 1.13 bits per heavy atom. The third kappa shape index (κ3) is 14.1. The van der Waals surface area contributed by atoms with Crippen LogP contribution in [-0.4, -0.2) is 23.9 Å². The van der Waals surface area contributed by atoms with Crippen molar-refractivity contribution in [2.45, 2.75) is 123 Å². The number of rotatable bonds is 14. The maximum absolute atomic E-state index is 13.9. The molecule has 0 radical (unpaired) electrons. The molecule has 2 N–H and O–H groups in total. The molecule has 1 saturated carbocycles. The smallest absolute Gasteiger partial charge is 0.279 e. The second kappa shape index (κ2) is 19.0. The number of unbranched alkanes of at least 4 members (excludes halogenated alkanes) is 8. The fourth-order valence-corrected chi connectivity index (χ4v) is 3.54. The van der Waals surface area contributed by atoms with Crippen LogP contribution in [0.5, 0.6) is 0 Å². The molecule has 0 aromatic heterocycles. The molecule has 2 amide bonds. The van der Waals surface area contributed by atoms with Crippen molar-refractivity contribution in [2.24, 2.45) is 0 Å². The van der Waals surface area contributed by atoms with Gasteiger partial charge < -0.3 is 10.6 Å². The Balaban J connectivity index is 0.00000436. The predicted octanol–water partition coefficient (Wildman–Crippen LogP) is 6.81. The van der Waals surface area contributed by atoms with E-state index in [0.717, 1.165) is 51.4 Å². The van der Waals surface area contributed by atoms with E-state index in [0.29, 0.717) is 32.1 Å². The van der Waals surface area contributed by atoms with E-state index in [1.54, 1.807) is 0 Å². The average Bonchev–Trinajstić information content (AvgIpc) is 3.21. The minimum atomic E-state index is -0.744. The summed E-state index contributed by atoms with van der Waals surface area (Å²) in [5.74, 6) is -2.89. The second-order valence-electron chi connectivity index (χ2n) is 7.96. The number of amides is 2. The van der Waals surface area contributed by atoms with Crippen molar-refractivity contribution >= 4 is 11.8 Å². The zero-order valence-electron chi connectivity index (χ0n) is 20.1. The van der Waals surface area contributed by atoms with Crippen molar-refractivity contribution in [3.05, 3.63) is 23.8 Å². The molecule has 31 heavy (non-hydrogen) atoms. The molecule has 0 bridgehead atoms. The summed E-state index contributed by atoms with van der Waals surface area (Å²) in [4.78, 5) is 23.9. The molecule has 6 heteroatoms. The van der Waals surface area contributed by atoms with E-state index in [-0.39, 0.29) is 12.1 Å². The first-order chi connectivity index (χ1) is 15.0. The SMILES string of the molecule is CC.CCCCCC/C=C(/F)C(=O)N[C@@H]1CC[C@H](NC(=O)/C(F)=C\CCCCCC)C1. The first-order valence-electron chi connectivity index (χ1n) is 12.3. The number of carbonyl (C=O) groups is 2. The van der Waals surface area contributed by atoms with Gasteiger partial charge in [-0.3, -0.25) is 9.59 Å². The van der Waals surface area contributed by atoms with E-state index in [1.807, 2.05) is 13.8 Å². The molecular weight excluding hydrogens is 398 g/mol. The Morgan fingerprint density at radius 3 is 1.48 bits per heavy atom. The Kier molecular flexibility index (Phi) is 17.9. The van der Waals surface area contributed by atoms with Crippen LogP contribution >= 0.6 is 0 Å². The number of carbonyl (C=O) groups excluding carboxylic acids is 2. The lowest BCUT2D eigenvalue weighted by Crippen LogP contribution is -2.37. The van der Waals surface area contributed by atoms with Gasteiger partial charge in [-0.25, -0.2) is 8.78 Å². The normalized spacial score (nSPS) is 18.9. The molecule has 0 unspecified atom stereocenters. The molecule has 0 aliphatic heterocycles. The summed E-state index contributed by atoms with van der Waals surface area (Å²) < 4.78 is 27.8. The van der Waals surface area contributed by atoms with Crippen molar-refractivity contribution in [1.82, 2.24) is 10.6 Å². The van der Waals surface area contributed by atoms with Crippen molar-refractivity contribution in [2.75, 3.05) is 0 Å². The molecule has 1 aliphatic rings. The molecular formula is C25H44F2N2O2. The maximum Gasteiger partial charge on any atom is 0.279 e. The van der Waals surface area contributed by atoms with Crippen LogP contribution in [0.3, 0.4) is 0 Å². The van der Waals surface area contributed by atoms with Crippen LogP contribution in [0.1, 0.15) is 111 Å². The van der Waals surface area contributed by atoms with Crippen molar-refractivity contribution in [1.29, 1.82) is 0 Å². The highest BCUT2D eigenvalue weighted by Gasteiger charge is 2.28.